The van der Waals surface area contributed by atoms with E-state index >= 15 is 0 Å². The Kier molecular flexibility index (Phi) is 4.06. The fraction of sp³-hybridized carbons (Fsp3) is 0.222. The lowest BCUT2D eigenvalue weighted by molar-refractivity contribution is -0.384. The third kappa shape index (κ3) is 2.92. The number of nitro benzene ring substituents is 1. The maximum Gasteiger partial charge on any atom is 0.270 e. The standard InChI is InChI=1S/C9H7BrN2O3/c10-6-7-5-8(12(13)14)1-2-9(7)15-4-3-11/h1-2,5H,4,6H2. The number of alkyl halides is 1. The highest BCUT2D eigenvalue weighted by Crippen LogP contribution is 2.25. The minimum absolute atomic E-state index is 0.00811. The van der Waals surface area contributed by atoms with E-state index in [0.29, 0.717) is 16.6 Å². The summed E-state index contributed by atoms with van der Waals surface area (Å²) in [5.41, 5.74) is 0.660. The number of nitrogens with zero attached hydrogens (tertiary/aromatic N) is 2. The Hall–Kier alpha value is -1.61. The largest absolute Gasteiger partial charge is 0.478 e. The Morgan fingerprint density at radius 2 is 2.33 bits per heavy atom. The molecule has 0 aliphatic rings. The SMILES string of the molecule is N#CCOc1ccc([N+](=O)[O-])cc1CBr. The molecule has 0 bridgehead atoms. The van der Waals surface area contributed by atoms with E-state index in [9.17, 15) is 10.1 Å². The number of rotatable bonds is 4. The van der Waals surface area contributed by atoms with Gasteiger partial charge in [0.25, 0.3) is 5.69 Å². The van der Waals surface area contributed by atoms with Crippen molar-refractivity contribution in [3.05, 3.63) is 33.9 Å². The van der Waals surface area contributed by atoms with Gasteiger partial charge in [-0.1, -0.05) is 15.9 Å². The van der Waals surface area contributed by atoms with E-state index in [0.717, 1.165) is 0 Å². The molecular weight excluding hydrogens is 264 g/mol. The highest BCUT2D eigenvalue weighted by atomic mass is 79.9. The van der Waals surface area contributed by atoms with Crippen molar-refractivity contribution in [3.63, 3.8) is 0 Å². The molecule has 15 heavy (non-hydrogen) atoms. The summed E-state index contributed by atoms with van der Waals surface area (Å²) >= 11 is 3.20. The number of ether oxygens (including phenoxy) is 1. The van der Waals surface area contributed by atoms with Crippen LogP contribution in [0.1, 0.15) is 5.56 Å². The predicted molar refractivity (Wildman–Crippen MR) is 56.8 cm³/mol. The normalized spacial score (nSPS) is 9.33. The first kappa shape index (κ1) is 11.5. The van der Waals surface area contributed by atoms with E-state index < -0.39 is 4.92 Å². The van der Waals surface area contributed by atoms with Crippen LogP contribution in [0.5, 0.6) is 5.75 Å². The minimum Gasteiger partial charge on any atom is -0.478 e. The molecule has 1 aromatic rings. The van der Waals surface area contributed by atoms with Gasteiger partial charge < -0.3 is 4.74 Å². The summed E-state index contributed by atoms with van der Waals surface area (Å²) < 4.78 is 5.10. The van der Waals surface area contributed by atoms with Crippen LogP contribution in [0.3, 0.4) is 0 Å². The van der Waals surface area contributed by atoms with Crippen molar-refractivity contribution in [2.24, 2.45) is 0 Å². The fourth-order valence-corrected chi connectivity index (χ4v) is 1.47. The van der Waals surface area contributed by atoms with Gasteiger partial charge in [-0.05, 0) is 6.07 Å². The molecule has 0 amide bonds. The lowest BCUT2D eigenvalue weighted by Crippen LogP contribution is -1.98. The molecule has 5 nitrogen and oxygen atoms in total. The maximum atomic E-state index is 10.5. The lowest BCUT2D eigenvalue weighted by atomic mass is 10.2. The van der Waals surface area contributed by atoms with Crippen LogP contribution in [0.15, 0.2) is 18.2 Å². The zero-order valence-electron chi connectivity index (χ0n) is 7.64. The lowest BCUT2D eigenvalue weighted by Gasteiger charge is -2.06. The molecular formula is C9H7BrN2O3. The molecule has 0 heterocycles. The summed E-state index contributed by atoms with van der Waals surface area (Å²) in [6, 6.07) is 6.09. The van der Waals surface area contributed by atoms with Crippen molar-refractivity contribution in [1.82, 2.24) is 0 Å². The van der Waals surface area contributed by atoms with Gasteiger partial charge in [-0.3, -0.25) is 10.1 Å². The number of hydrogen-bond donors (Lipinski definition) is 0. The van der Waals surface area contributed by atoms with Gasteiger partial charge in [0.1, 0.15) is 11.8 Å². The van der Waals surface area contributed by atoms with Crippen LogP contribution >= 0.6 is 15.9 Å². The zero-order chi connectivity index (χ0) is 11.3. The van der Waals surface area contributed by atoms with Gasteiger partial charge in [-0.15, -0.1) is 0 Å². The first-order chi connectivity index (χ1) is 7.19. The van der Waals surface area contributed by atoms with Crippen molar-refractivity contribution in [3.8, 4) is 11.8 Å². The average molecular weight is 271 g/mol. The van der Waals surface area contributed by atoms with Gasteiger partial charge in [-0.25, -0.2) is 0 Å². The number of hydrogen-bond acceptors (Lipinski definition) is 4. The van der Waals surface area contributed by atoms with Gasteiger partial charge in [0.2, 0.25) is 0 Å². The first-order valence-electron chi connectivity index (χ1n) is 4.02. The third-order valence-electron chi connectivity index (χ3n) is 1.69. The minimum atomic E-state index is -0.472. The van der Waals surface area contributed by atoms with E-state index in [4.69, 9.17) is 10.00 Å². The van der Waals surface area contributed by atoms with Gasteiger partial charge in [0.05, 0.1) is 4.92 Å². The molecule has 0 saturated carbocycles. The molecule has 0 atom stereocenters. The van der Waals surface area contributed by atoms with E-state index in [1.165, 1.54) is 18.2 Å². The molecule has 0 saturated heterocycles. The van der Waals surface area contributed by atoms with Gasteiger partial charge in [0.15, 0.2) is 6.61 Å². The number of nitriles is 1. The van der Waals surface area contributed by atoms with Gasteiger partial charge in [-0.2, -0.15) is 5.26 Å². The third-order valence-corrected chi connectivity index (χ3v) is 2.30. The van der Waals surface area contributed by atoms with E-state index in [1.54, 1.807) is 0 Å². The summed E-state index contributed by atoms with van der Waals surface area (Å²) in [4.78, 5) is 10.0. The summed E-state index contributed by atoms with van der Waals surface area (Å²) in [6.07, 6.45) is 0. The van der Waals surface area contributed by atoms with Gasteiger partial charge >= 0.3 is 0 Å². The van der Waals surface area contributed by atoms with Crippen LogP contribution in [-0.2, 0) is 5.33 Å². The van der Waals surface area contributed by atoms with Crippen molar-refractivity contribution in [1.29, 1.82) is 5.26 Å². The summed E-state index contributed by atoms with van der Waals surface area (Å²) in [5, 5.41) is 19.3. The molecule has 0 unspecified atom stereocenters. The zero-order valence-corrected chi connectivity index (χ0v) is 9.23. The Morgan fingerprint density at radius 3 is 2.87 bits per heavy atom. The van der Waals surface area contributed by atoms with E-state index in [1.807, 2.05) is 6.07 Å². The van der Waals surface area contributed by atoms with Crippen LogP contribution in [0.4, 0.5) is 5.69 Å². The summed E-state index contributed by atoms with van der Waals surface area (Å²) in [6.45, 7) is -0.0716. The van der Waals surface area contributed by atoms with Crippen LogP contribution in [0, 0.1) is 21.4 Å². The van der Waals surface area contributed by atoms with E-state index in [-0.39, 0.29) is 12.3 Å². The molecule has 1 aromatic carbocycles. The Bertz CT molecular complexity index is 414. The molecule has 0 spiro atoms. The Morgan fingerprint density at radius 1 is 1.60 bits per heavy atom. The molecule has 0 aliphatic carbocycles. The number of benzene rings is 1. The van der Waals surface area contributed by atoms with Crippen molar-refractivity contribution in [2.75, 3.05) is 6.61 Å². The second-order valence-corrected chi connectivity index (χ2v) is 3.19. The molecule has 0 N–H and O–H groups in total. The smallest absolute Gasteiger partial charge is 0.270 e. The molecule has 78 valence electrons. The molecule has 6 heteroatoms. The molecule has 0 radical (unpaired) electrons. The monoisotopic (exact) mass is 270 g/mol. The number of nitro groups is 1. The van der Waals surface area contributed by atoms with Crippen molar-refractivity contribution >= 4 is 21.6 Å². The molecule has 1 rings (SSSR count). The fourth-order valence-electron chi connectivity index (χ4n) is 1.03. The van der Waals surface area contributed by atoms with Crippen LogP contribution < -0.4 is 4.74 Å². The van der Waals surface area contributed by atoms with Crippen molar-refractivity contribution < 1.29 is 9.66 Å². The molecule has 0 fully saturated rings. The topological polar surface area (TPSA) is 76.2 Å². The summed E-state index contributed by atoms with van der Waals surface area (Å²) in [7, 11) is 0. The van der Waals surface area contributed by atoms with Gasteiger partial charge in [0, 0.05) is 23.0 Å². The highest BCUT2D eigenvalue weighted by Gasteiger charge is 2.10. The Labute approximate surface area is 94.6 Å². The first-order valence-corrected chi connectivity index (χ1v) is 5.14. The Balaban J connectivity index is 2.99. The maximum absolute atomic E-state index is 10.5. The average Bonchev–Trinajstić information content (AvgIpc) is 2.25. The van der Waals surface area contributed by atoms with Crippen LogP contribution in [0.25, 0.3) is 0 Å². The van der Waals surface area contributed by atoms with E-state index in [2.05, 4.69) is 15.9 Å². The second-order valence-electron chi connectivity index (χ2n) is 2.63. The van der Waals surface area contributed by atoms with Crippen LogP contribution in [-0.4, -0.2) is 11.5 Å². The van der Waals surface area contributed by atoms with Crippen molar-refractivity contribution in [2.45, 2.75) is 5.33 Å². The molecule has 0 aromatic heterocycles. The highest BCUT2D eigenvalue weighted by molar-refractivity contribution is 9.08. The second kappa shape index (κ2) is 5.32. The van der Waals surface area contributed by atoms with Crippen LogP contribution in [0.2, 0.25) is 0 Å². The quantitative estimate of drug-likeness (QED) is 0.478. The molecule has 0 aliphatic heterocycles. The predicted octanol–water partition coefficient (Wildman–Crippen LogP) is 2.39. The number of non-ortho nitro benzene ring substituents is 1. The number of halogens is 1. The summed E-state index contributed by atoms with van der Waals surface area (Å²) in [5.74, 6) is 0.485.